The van der Waals surface area contributed by atoms with Crippen molar-refractivity contribution in [2.75, 3.05) is 5.32 Å². The van der Waals surface area contributed by atoms with Crippen LogP contribution in [0.25, 0.3) is 10.9 Å². The van der Waals surface area contributed by atoms with Crippen LogP contribution in [0.2, 0.25) is 0 Å². The molecule has 0 aliphatic carbocycles. The van der Waals surface area contributed by atoms with E-state index in [2.05, 4.69) is 15.6 Å². The molecule has 7 heteroatoms. The van der Waals surface area contributed by atoms with Crippen molar-refractivity contribution in [1.82, 2.24) is 10.3 Å². The van der Waals surface area contributed by atoms with E-state index >= 15 is 0 Å². The number of aromatic nitrogens is 1. The highest BCUT2D eigenvalue weighted by Gasteiger charge is 2.17. The van der Waals surface area contributed by atoms with E-state index < -0.39 is 11.8 Å². The van der Waals surface area contributed by atoms with Gasteiger partial charge in [0.15, 0.2) is 0 Å². The normalized spacial score (nSPS) is 10.6. The maximum absolute atomic E-state index is 12.5. The summed E-state index contributed by atoms with van der Waals surface area (Å²) < 4.78 is 0. The van der Waals surface area contributed by atoms with E-state index in [1.807, 2.05) is 49.4 Å². The van der Waals surface area contributed by atoms with Crippen LogP contribution in [0.4, 0.5) is 5.69 Å². The molecule has 2 aromatic heterocycles. The van der Waals surface area contributed by atoms with Gasteiger partial charge in [0.2, 0.25) is 5.78 Å². The Labute approximate surface area is 182 Å². The fraction of sp³-hybridized carbons (Fsp3) is 0.0833. The topological polar surface area (TPSA) is 88.2 Å². The molecule has 0 spiro atoms. The summed E-state index contributed by atoms with van der Waals surface area (Å²) in [6.45, 7) is 1.99. The summed E-state index contributed by atoms with van der Waals surface area (Å²) in [7, 11) is 0. The fourth-order valence-electron chi connectivity index (χ4n) is 3.16. The molecule has 0 aliphatic heterocycles. The van der Waals surface area contributed by atoms with Gasteiger partial charge in [-0.05, 0) is 31.2 Å². The van der Waals surface area contributed by atoms with Gasteiger partial charge in [0, 0.05) is 21.5 Å². The van der Waals surface area contributed by atoms with Gasteiger partial charge in [0.25, 0.3) is 0 Å². The molecule has 4 aromatic rings. The number of amides is 2. The van der Waals surface area contributed by atoms with E-state index in [4.69, 9.17) is 0 Å². The number of anilines is 1. The Balaban J connectivity index is 1.39. The molecule has 0 unspecified atom stereocenters. The Morgan fingerprint density at radius 2 is 1.65 bits per heavy atom. The summed E-state index contributed by atoms with van der Waals surface area (Å²) >= 11 is 1.29. The van der Waals surface area contributed by atoms with Gasteiger partial charge in [-0.1, -0.05) is 48.5 Å². The average molecular weight is 430 g/mol. The minimum absolute atomic E-state index is 0.0687. The van der Waals surface area contributed by atoms with Crippen LogP contribution in [-0.4, -0.2) is 22.6 Å². The number of para-hydroxylation sites is 1. The first-order chi connectivity index (χ1) is 15.0. The molecule has 6 nitrogen and oxygen atoms in total. The van der Waals surface area contributed by atoms with Crippen LogP contribution in [0, 0.1) is 6.92 Å². The van der Waals surface area contributed by atoms with Crippen LogP contribution < -0.4 is 10.6 Å². The molecule has 0 bridgehead atoms. The van der Waals surface area contributed by atoms with Crippen molar-refractivity contribution >= 4 is 45.5 Å². The third-order valence-corrected chi connectivity index (χ3v) is 5.73. The molecule has 2 heterocycles. The molecule has 0 radical (unpaired) electrons. The first-order valence-electron chi connectivity index (χ1n) is 9.65. The second-order valence-electron chi connectivity index (χ2n) is 6.93. The second-order valence-corrected chi connectivity index (χ2v) is 8.09. The summed E-state index contributed by atoms with van der Waals surface area (Å²) in [6, 6.07) is 21.6. The van der Waals surface area contributed by atoms with Crippen LogP contribution in [0.1, 0.15) is 25.8 Å². The number of hydrogen-bond donors (Lipinski definition) is 2. The van der Waals surface area contributed by atoms with E-state index in [1.165, 1.54) is 11.3 Å². The third kappa shape index (κ3) is 4.67. The molecule has 0 saturated carbocycles. The molecular weight excluding hydrogens is 410 g/mol. The van der Waals surface area contributed by atoms with Crippen LogP contribution in [-0.2, 0) is 16.1 Å². The second kappa shape index (κ2) is 8.89. The number of thiophene rings is 1. The van der Waals surface area contributed by atoms with Crippen LogP contribution >= 0.6 is 11.3 Å². The van der Waals surface area contributed by atoms with Crippen molar-refractivity contribution in [2.45, 2.75) is 13.5 Å². The number of fused-ring (bicyclic) bond motifs is 1. The summed E-state index contributed by atoms with van der Waals surface area (Å²) in [6.07, 6.45) is 0. The van der Waals surface area contributed by atoms with Crippen molar-refractivity contribution in [3.05, 3.63) is 93.8 Å². The maximum Gasteiger partial charge on any atom is 0.313 e. The van der Waals surface area contributed by atoms with Gasteiger partial charge in [0.05, 0.1) is 22.6 Å². The summed E-state index contributed by atoms with van der Waals surface area (Å²) in [5.74, 6) is -1.57. The number of nitrogens with zero attached hydrogens (tertiary/aromatic N) is 1. The number of aryl methyl sites for hydroxylation is 1. The Hall–Kier alpha value is -3.84. The molecule has 0 fully saturated rings. The Kier molecular flexibility index (Phi) is 5.86. The molecule has 0 aliphatic rings. The lowest BCUT2D eigenvalue weighted by Crippen LogP contribution is -2.34. The van der Waals surface area contributed by atoms with Gasteiger partial charge in [-0.2, -0.15) is 0 Å². The molecule has 154 valence electrons. The lowest BCUT2D eigenvalue weighted by atomic mass is 10.1. The zero-order valence-electron chi connectivity index (χ0n) is 16.7. The number of pyridine rings is 1. The first-order valence-corrected chi connectivity index (χ1v) is 10.5. The van der Waals surface area contributed by atoms with Crippen LogP contribution in [0.3, 0.4) is 0 Å². The number of carbonyl (C=O) groups excluding carboxylic acids is 3. The molecule has 2 aromatic carbocycles. The highest BCUT2D eigenvalue weighted by molar-refractivity contribution is 7.14. The van der Waals surface area contributed by atoms with Gasteiger partial charge >= 0.3 is 11.8 Å². The van der Waals surface area contributed by atoms with Crippen molar-refractivity contribution in [1.29, 1.82) is 0 Å². The van der Waals surface area contributed by atoms with Gasteiger partial charge < -0.3 is 10.6 Å². The maximum atomic E-state index is 12.5. The number of hydrogen-bond acceptors (Lipinski definition) is 5. The smallest absolute Gasteiger partial charge is 0.313 e. The highest BCUT2D eigenvalue weighted by atomic mass is 32.1. The van der Waals surface area contributed by atoms with Crippen molar-refractivity contribution in [3.63, 3.8) is 0 Å². The molecule has 31 heavy (non-hydrogen) atoms. The number of ketones is 1. The number of rotatable bonds is 5. The number of benzene rings is 2. The number of carbonyl (C=O) groups is 3. The number of nitrogens with one attached hydrogen (secondary N) is 2. The Morgan fingerprint density at radius 3 is 2.45 bits per heavy atom. The lowest BCUT2D eigenvalue weighted by Gasteiger charge is -2.09. The Morgan fingerprint density at radius 1 is 0.903 bits per heavy atom. The monoisotopic (exact) mass is 429 g/mol. The standard InChI is InChI=1S/C24H19N3O3S/c1-15-13-20(18-9-5-6-10-19(18)26-15)27-24(30)23(29)25-14-17-11-12-21(31-17)22(28)16-7-3-2-4-8-16/h2-13H,14H2,1H3,(H,25,29)(H,26,27,30). The van der Waals surface area contributed by atoms with E-state index in [9.17, 15) is 14.4 Å². The quantitative estimate of drug-likeness (QED) is 0.369. The van der Waals surface area contributed by atoms with E-state index in [0.29, 0.717) is 16.1 Å². The van der Waals surface area contributed by atoms with Crippen molar-refractivity contribution in [2.24, 2.45) is 0 Å². The third-order valence-electron chi connectivity index (χ3n) is 4.64. The molecular formula is C24H19N3O3S. The highest BCUT2D eigenvalue weighted by Crippen LogP contribution is 2.23. The molecule has 2 amide bonds. The van der Waals surface area contributed by atoms with Gasteiger partial charge in [0.1, 0.15) is 0 Å². The molecule has 0 atom stereocenters. The van der Waals surface area contributed by atoms with Gasteiger partial charge in [-0.25, -0.2) is 0 Å². The predicted molar refractivity (Wildman–Crippen MR) is 121 cm³/mol. The van der Waals surface area contributed by atoms with Gasteiger partial charge in [-0.3, -0.25) is 19.4 Å². The largest absolute Gasteiger partial charge is 0.343 e. The lowest BCUT2D eigenvalue weighted by molar-refractivity contribution is -0.136. The minimum Gasteiger partial charge on any atom is -0.343 e. The summed E-state index contributed by atoms with van der Waals surface area (Å²) in [5.41, 5.74) is 2.63. The average Bonchev–Trinajstić information content (AvgIpc) is 3.26. The van der Waals surface area contributed by atoms with Crippen molar-refractivity contribution < 1.29 is 14.4 Å². The first kappa shape index (κ1) is 20.4. The zero-order chi connectivity index (χ0) is 21.8. The van der Waals surface area contributed by atoms with E-state index in [1.54, 1.807) is 30.3 Å². The molecule has 4 rings (SSSR count). The van der Waals surface area contributed by atoms with E-state index in [-0.39, 0.29) is 12.3 Å². The summed E-state index contributed by atoms with van der Waals surface area (Å²) in [5, 5.41) is 6.03. The predicted octanol–water partition coefficient (Wildman–Crippen LogP) is 4.09. The van der Waals surface area contributed by atoms with Crippen LogP contribution in [0.15, 0.2) is 72.8 Å². The van der Waals surface area contributed by atoms with E-state index in [0.717, 1.165) is 21.5 Å². The molecule has 0 saturated heterocycles. The zero-order valence-corrected chi connectivity index (χ0v) is 17.5. The fourth-order valence-corrected chi connectivity index (χ4v) is 4.07. The minimum atomic E-state index is -0.757. The molecule has 2 N–H and O–H groups in total. The summed E-state index contributed by atoms with van der Waals surface area (Å²) in [4.78, 5) is 43.0. The Bertz CT molecular complexity index is 1280. The van der Waals surface area contributed by atoms with Crippen molar-refractivity contribution in [3.8, 4) is 0 Å². The SMILES string of the molecule is Cc1cc(NC(=O)C(=O)NCc2ccc(C(=O)c3ccccc3)s2)c2ccccc2n1. The van der Waals surface area contributed by atoms with Crippen LogP contribution in [0.5, 0.6) is 0 Å². The van der Waals surface area contributed by atoms with Gasteiger partial charge in [-0.15, -0.1) is 11.3 Å².